The number of pyridine rings is 1. The van der Waals surface area contributed by atoms with Gasteiger partial charge in [-0.25, -0.2) is 4.98 Å². The van der Waals surface area contributed by atoms with Crippen LogP contribution in [0.25, 0.3) is 0 Å². The molecule has 0 amide bonds. The maximum Gasteiger partial charge on any atom is 0.153 e. The predicted octanol–water partition coefficient (Wildman–Crippen LogP) is 0.471. The van der Waals surface area contributed by atoms with Gasteiger partial charge in [0.15, 0.2) is 12.0 Å². The van der Waals surface area contributed by atoms with Crippen LogP contribution in [0, 0.1) is 11.3 Å². The standard InChI is InChI=1S/C7H4N2O2/c8-2-7-5(4-10)1-6(11)3-9-7/h1,3-4,11H. The van der Waals surface area contributed by atoms with Crippen molar-refractivity contribution in [2.24, 2.45) is 0 Å². The van der Waals surface area contributed by atoms with Crippen molar-refractivity contribution in [3.05, 3.63) is 23.5 Å². The molecule has 1 N–H and O–H groups in total. The summed E-state index contributed by atoms with van der Waals surface area (Å²) in [5, 5.41) is 17.2. The predicted molar refractivity (Wildman–Crippen MR) is 36.0 cm³/mol. The van der Waals surface area contributed by atoms with Crippen LogP contribution < -0.4 is 0 Å². The summed E-state index contributed by atoms with van der Waals surface area (Å²) in [5.41, 5.74) is 0.130. The number of hydrogen-bond donors (Lipinski definition) is 1. The van der Waals surface area contributed by atoms with E-state index in [-0.39, 0.29) is 17.0 Å². The zero-order valence-electron chi connectivity index (χ0n) is 5.48. The number of nitriles is 1. The van der Waals surface area contributed by atoms with Crippen LogP contribution in [0.3, 0.4) is 0 Å². The molecule has 0 atom stereocenters. The molecule has 0 aliphatic heterocycles. The number of aromatic hydroxyl groups is 1. The highest BCUT2D eigenvalue weighted by molar-refractivity contribution is 5.78. The molecule has 11 heavy (non-hydrogen) atoms. The van der Waals surface area contributed by atoms with E-state index in [2.05, 4.69) is 4.98 Å². The Kier molecular flexibility index (Phi) is 1.83. The summed E-state index contributed by atoms with van der Waals surface area (Å²) in [5.74, 6) is -0.119. The topological polar surface area (TPSA) is 74.0 Å². The Labute approximate surface area is 62.7 Å². The van der Waals surface area contributed by atoms with Crippen molar-refractivity contribution in [2.45, 2.75) is 0 Å². The van der Waals surface area contributed by atoms with Crippen molar-refractivity contribution in [3.8, 4) is 11.8 Å². The SMILES string of the molecule is N#Cc1ncc(O)cc1C=O. The summed E-state index contributed by atoms with van der Waals surface area (Å²) in [4.78, 5) is 13.8. The normalized spacial score (nSPS) is 8.64. The van der Waals surface area contributed by atoms with Crippen molar-refractivity contribution >= 4 is 6.29 Å². The lowest BCUT2D eigenvalue weighted by atomic mass is 10.2. The summed E-state index contributed by atoms with van der Waals surface area (Å²) in [6.45, 7) is 0. The molecular formula is C7H4N2O2. The summed E-state index contributed by atoms with van der Waals surface area (Å²) in [7, 11) is 0. The first-order valence-corrected chi connectivity index (χ1v) is 2.82. The van der Waals surface area contributed by atoms with Gasteiger partial charge in [-0.15, -0.1) is 0 Å². The molecule has 4 heteroatoms. The van der Waals surface area contributed by atoms with Gasteiger partial charge in [0.1, 0.15) is 11.8 Å². The number of aldehydes is 1. The fourth-order valence-electron chi connectivity index (χ4n) is 0.653. The Morgan fingerprint density at radius 2 is 2.45 bits per heavy atom. The average Bonchev–Trinajstić information content (AvgIpc) is 2.04. The molecule has 1 heterocycles. The van der Waals surface area contributed by atoms with Gasteiger partial charge in [0.25, 0.3) is 0 Å². The average molecular weight is 148 g/mol. The van der Waals surface area contributed by atoms with Crippen LogP contribution >= 0.6 is 0 Å². The third-order valence-corrected chi connectivity index (χ3v) is 1.14. The molecular weight excluding hydrogens is 144 g/mol. The molecule has 0 saturated carbocycles. The molecule has 0 saturated heterocycles. The van der Waals surface area contributed by atoms with Crippen LogP contribution in [-0.4, -0.2) is 16.4 Å². The van der Waals surface area contributed by atoms with Gasteiger partial charge < -0.3 is 5.11 Å². The Bertz CT molecular complexity index is 328. The minimum absolute atomic E-state index is 0.0257. The second kappa shape index (κ2) is 2.80. The van der Waals surface area contributed by atoms with E-state index < -0.39 is 0 Å². The molecule has 1 rings (SSSR count). The highest BCUT2D eigenvalue weighted by Crippen LogP contribution is 2.10. The van der Waals surface area contributed by atoms with Gasteiger partial charge in [-0.3, -0.25) is 4.79 Å². The Morgan fingerprint density at radius 3 is 3.00 bits per heavy atom. The van der Waals surface area contributed by atoms with E-state index >= 15 is 0 Å². The molecule has 0 aromatic carbocycles. The van der Waals surface area contributed by atoms with E-state index in [4.69, 9.17) is 10.4 Å². The molecule has 0 aliphatic carbocycles. The summed E-state index contributed by atoms with van der Waals surface area (Å²) < 4.78 is 0. The lowest BCUT2D eigenvalue weighted by Crippen LogP contribution is -1.90. The van der Waals surface area contributed by atoms with Crippen molar-refractivity contribution in [1.29, 1.82) is 5.26 Å². The van der Waals surface area contributed by atoms with E-state index in [9.17, 15) is 4.79 Å². The number of aromatic nitrogens is 1. The van der Waals surface area contributed by atoms with Gasteiger partial charge in [-0.2, -0.15) is 5.26 Å². The van der Waals surface area contributed by atoms with Gasteiger partial charge in [0, 0.05) is 0 Å². The number of nitrogens with zero attached hydrogens (tertiary/aromatic N) is 2. The minimum atomic E-state index is -0.119. The van der Waals surface area contributed by atoms with E-state index in [1.807, 2.05) is 0 Å². The molecule has 54 valence electrons. The molecule has 0 radical (unpaired) electrons. The van der Waals surface area contributed by atoms with Gasteiger partial charge in [0.05, 0.1) is 11.8 Å². The zero-order chi connectivity index (χ0) is 8.27. The minimum Gasteiger partial charge on any atom is -0.506 e. The number of carbonyl (C=O) groups excluding carboxylic acids is 1. The largest absolute Gasteiger partial charge is 0.506 e. The Hall–Kier alpha value is -1.89. The van der Waals surface area contributed by atoms with Gasteiger partial charge in [0.2, 0.25) is 0 Å². The molecule has 0 unspecified atom stereocenters. The molecule has 4 nitrogen and oxygen atoms in total. The molecule has 1 aromatic heterocycles. The maximum absolute atomic E-state index is 10.2. The molecule has 0 spiro atoms. The highest BCUT2D eigenvalue weighted by atomic mass is 16.3. The van der Waals surface area contributed by atoms with E-state index in [1.165, 1.54) is 6.07 Å². The fourth-order valence-corrected chi connectivity index (χ4v) is 0.653. The monoisotopic (exact) mass is 148 g/mol. The lowest BCUT2D eigenvalue weighted by molar-refractivity contribution is 0.112. The second-order valence-electron chi connectivity index (χ2n) is 1.86. The third kappa shape index (κ3) is 1.33. The van der Waals surface area contributed by atoms with Crippen LogP contribution in [0.2, 0.25) is 0 Å². The lowest BCUT2D eigenvalue weighted by Gasteiger charge is -1.93. The van der Waals surface area contributed by atoms with Crippen molar-refractivity contribution in [2.75, 3.05) is 0 Å². The van der Waals surface area contributed by atoms with E-state index in [1.54, 1.807) is 6.07 Å². The number of carbonyl (C=O) groups is 1. The summed E-state index contributed by atoms with van der Waals surface area (Å²) in [6.07, 6.45) is 1.59. The molecule has 0 bridgehead atoms. The van der Waals surface area contributed by atoms with Crippen molar-refractivity contribution in [1.82, 2.24) is 4.98 Å². The van der Waals surface area contributed by atoms with E-state index in [0.29, 0.717) is 6.29 Å². The molecule has 1 aromatic rings. The first kappa shape index (κ1) is 7.22. The Balaban J connectivity index is 3.30. The first-order chi connectivity index (χ1) is 5.27. The van der Waals surface area contributed by atoms with Crippen LogP contribution in [0.1, 0.15) is 16.1 Å². The van der Waals surface area contributed by atoms with Crippen molar-refractivity contribution in [3.63, 3.8) is 0 Å². The highest BCUT2D eigenvalue weighted by Gasteiger charge is 2.01. The van der Waals surface area contributed by atoms with Crippen LogP contribution in [-0.2, 0) is 0 Å². The summed E-state index contributed by atoms with van der Waals surface area (Å²) >= 11 is 0. The van der Waals surface area contributed by atoms with Crippen LogP contribution in [0.5, 0.6) is 5.75 Å². The third-order valence-electron chi connectivity index (χ3n) is 1.14. The van der Waals surface area contributed by atoms with Crippen molar-refractivity contribution < 1.29 is 9.90 Å². The zero-order valence-corrected chi connectivity index (χ0v) is 5.48. The number of rotatable bonds is 1. The maximum atomic E-state index is 10.2. The van der Waals surface area contributed by atoms with Gasteiger partial charge >= 0.3 is 0 Å². The van der Waals surface area contributed by atoms with Gasteiger partial charge in [-0.05, 0) is 6.07 Å². The number of hydrogen-bond acceptors (Lipinski definition) is 4. The van der Waals surface area contributed by atoms with Gasteiger partial charge in [-0.1, -0.05) is 0 Å². The molecule has 0 aliphatic rings. The smallest absolute Gasteiger partial charge is 0.153 e. The first-order valence-electron chi connectivity index (χ1n) is 2.82. The fraction of sp³-hybridized carbons (Fsp3) is 0. The quantitative estimate of drug-likeness (QED) is 0.587. The summed E-state index contributed by atoms with van der Waals surface area (Å²) in [6, 6.07) is 2.91. The Morgan fingerprint density at radius 1 is 1.73 bits per heavy atom. The van der Waals surface area contributed by atoms with Crippen LogP contribution in [0.15, 0.2) is 12.3 Å². The van der Waals surface area contributed by atoms with Crippen LogP contribution in [0.4, 0.5) is 0 Å². The second-order valence-corrected chi connectivity index (χ2v) is 1.86. The van der Waals surface area contributed by atoms with E-state index in [0.717, 1.165) is 6.20 Å². The molecule has 0 fully saturated rings.